The Morgan fingerprint density at radius 1 is 1.56 bits per heavy atom. The van der Waals surface area contributed by atoms with Crippen molar-refractivity contribution in [3.05, 3.63) is 11.9 Å². The first-order chi connectivity index (χ1) is 7.50. The third-order valence-corrected chi connectivity index (χ3v) is 1.69. The predicted octanol–water partition coefficient (Wildman–Crippen LogP) is 0.175. The number of rotatable bonds is 5. The summed E-state index contributed by atoms with van der Waals surface area (Å²) in [7, 11) is 0. The third-order valence-electron chi connectivity index (χ3n) is 1.69. The lowest BCUT2D eigenvalue weighted by Gasteiger charge is -2.07. The van der Waals surface area contributed by atoms with E-state index in [1.807, 2.05) is 13.8 Å². The second-order valence-corrected chi connectivity index (χ2v) is 3.66. The Hall–Kier alpha value is -1.92. The molecular formula is C9H13N3O4. The summed E-state index contributed by atoms with van der Waals surface area (Å²) in [6.07, 6.45) is 1.08. The number of ether oxygens (including phenoxy) is 1. The van der Waals surface area contributed by atoms with E-state index in [-0.39, 0.29) is 18.2 Å². The molecule has 88 valence electrons. The maximum Gasteiger partial charge on any atom is 0.355 e. The van der Waals surface area contributed by atoms with Crippen molar-refractivity contribution in [1.82, 2.24) is 15.0 Å². The van der Waals surface area contributed by atoms with Crippen molar-refractivity contribution >= 4 is 11.9 Å². The topological polar surface area (TPSA) is 94.3 Å². The van der Waals surface area contributed by atoms with Crippen molar-refractivity contribution in [1.29, 1.82) is 0 Å². The molecule has 0 amide bonds. The molecule has 1 rings (SSSR count). The smallest absolute Gasteiger partial charge is 0.355 e. The molecule has 0 aliphatic rings. The fraction of sp³-hybridized carbons (Fsp3) is 0.556. The Labute approximate surface area is 92.0 Å². The molecule has 0 aliphatic heterocycles. The van der Waals surface area contributed by atoms with E-state index in [0.717, 1.165) is 10.9 Å². The highest BCUT2D eigenvalue weighted by Gasteiger charge is 2.15. The van der Waals surface area contributed by atoms with Crippen LogP contribution in [0.5, 0.6) is 0 Å². The minimum atomic E-state index is -1.18. The minimum Gasteiger partial charge on any atom is -0.476 e. The normalized spacial score (nSPS) is 10.4. The molecule has 1 aromatic heterocycles. The zero-order valence-corrected chi connectivity index (χ0v) is 9.08. The van der Waals surface area contributed by atoms with E-state index in [1.165, 1.54) is 0 Å². The molecule has 1 heterocycles. The Kier molecular flexibility index (Phi) is 3.98. The van der Waals surface area contributed by atoms with Gasteiger partial charge in [-0.3, -0.25) is 4.79 Å². The molecule has 0 unspecified atom stereocenters. The van der Waals surface area contributed by atoms with E-state index in [2.05, 4.69) is 10.3 Å². The van der Waals surface area contributed by atoms with Gasteiger partial charge < -0.3 is 9.84 Å². The highest BCUT2D eigenvalue weighted by Crippen LogP contribution is 1.98. The highest BCUT2D eigenvalue weighted by molar-refractivity contribution is 5.85. The highest BCUT2D eigenvalue weighted by atomic mass is 16.5. The average Bonchev–Trinajstić information content (AvgIpc) is 2.62. The van der Waals surface area contributed by atoms with Crippen LogP contribution in [0.15, 0.2) is 6.20 Å². The first kappa shape index (κ1) is 12.2. The molecule has 0 fully saturated rings. The van der Waals surface area contributed by atoms with Crippen molar-refractivity contribution in [3.63, 3.8) is 0 Å². The standard InChI is InChI=1S/C9H13N3O4/c1-6(2)5-16-8(13)4-12-7(9(14)15)3-10-11-12/h3,6H,4-5H2,1-2H3,(H,14,15). The van der Waals surface area contributed by atoms with E-state index in [0.29, 0.717) is 6.61 Å². The van der Waals surface area contributed by atoms with Crippen LogP contribution < -0.4 is 0 Å². The van der Waals surface area contributed by atoms with Gasteiger partial charge in [0.15, 0.2) is 5.69 Å². The van der Waals surface area contributed by atoms with Crippen molar-refractivity contribution in [2.24, 2.45) is 5.92 Å². The summed E-state index contributed by atoms with van der Waals surface area (Å²) in [5.41, 5.74) is -0.138. The summed E-state index contributed by atoms with van der Waals surface area (Å²) in [4.78, 5) is 22.0. The molecule has 7 nitrogen and oxygen atoms in total. The molecule has 0 spiro atoms. The molecule has 1 N–H and O–H groups in total. The number of carboxylic acids is 1. The summed E-state index contributed by atoms with van der Waals surface area (Å²) in [6, 6.07) is 0. The van der Waals surface area contributed by atoms with Gasteiger partial charge in [-0.25, -0.2) is 9.48 Å². The van der Waals surface area contributed by atoms with Gasteiger partial charge in [-0.15, -0.1) is 5.10 Å². The first-order valence-electron chi connectivity index (χ1n) is 4.78. The minimum absolute atomic E-state index is 0.138. The van der Waals surface area contributed by atoms with Gasteiger partial charge in [-0.1, -0.05) is 19.1 Å². The Morgan fingerprint density at radius 2 is 2.25 bits per heavy atom. The molecule has 0 saturated carbocycles. The molecule has 0 atom stereocenters. The first-order valence-corrected chi connectivity index (χ1v) is 4.78. The molecule has 16 heavy (non-hydrogen) atoms. The van der Waals surface area contributed by atoms with Crippen molar-refractivity contribution in [3.8, 4) is 0 Å². The average molecular weight is 227 g/mol. The van der Waals surface area contributed by atoms with E-state index in [4.69, 9.17) is 9.84 Å². The second kappa shape index (κ2) is 5.24. The van der Waals surface area contributed by atoms with Crippen LogP contribution in [0.4, 0.5) is 0 Å². The summed E-state index contributed by atoms with van der Waals surface area (Å²) in [5, 5.41) is 15.6. The number of aromatic carboxylic acids is 1. The number of carbonyl (C=O) groups excluding carboxylic acids is 1. The van der Waals surface area contributed by atoms with Crippen LogP contribution in [0.3, 0.4) is 0 Å². The SMILES string of the molecule is CC(C)COC(=O)Cn1nncc1C(=O)O. The monoisotopic (exact) mass is 227 g/mol. The summed E-state index contributed by atoms with van der Waals surface area (Å²) < 4.78 is 5.88. The quantitative estimate of drug-likeness (QED) is 0.721. The van der Waals surface area contributed by atoms with Gasteiger partial charge in [0, 0.05) is 0 Å². The van der Waals surface area contributed by atoms with Gasteiger partial charge in [0.1, 0.15) is 6.54 Å². The van der Waals surface area contributed by atoms with Gasteiger partial charge >= 0.3 is 11.9 Å². The Balaban J connectivity index is 2.56. The fourth-order valence-electron chi connectivity index (χ4n) is 0.968. The predicted molar refractivity (Wildman–Crippen MR) is 52.8 cm³/mol. The maximum atomic E-state index is 11.3. The van der Waals surface area contributed by atoms with E-state index < -0.39 is 11.9 Å². The molecular weight excluding hydrogens is 214 g/mol. The van der Waals surface area contributed by atoms with Crippen LogP contribution >= 0.6 is 0 Å². The summed E-state index contributed by atoms with van der Waals surface area (Å²) in [5.74, 6) is -1.47. The van der Waals surface area contributed by atoms with Crippen LogP contribution in [0, 0.1) is 5.92 Å². The lowest BCUT2D eigenvalue weighted by Crippen LogP contribution is -2.20. The van der Waals surface area contributed by atoms with Crippen LogP contribution in [0.2, 0.25) is 0 Å². The van der Waals surface area contributed by atoms with Crippen LogP contribution in [0.25, 0.3) is 0 Å². The molecule has 0 aliphatic carbocycles. The second-order valence-electron chi connectivity index (χ2n) is 3.66. The third kappa shape index (κ3) is 3.34. The lowest BCUT2D eigenvalue weighted by molar-refractivity contribution is -0.145. The summed E-state index contributed by atoms with van der Waals surface area (Å²) >= 11 is 0. The molecule has 0 radical (unpaired) electrons. The number of nitrogens with zero attached hydrogens (tertiary/aromatic N) is 3. The number of esters is 1. The van der Waals surface area contributed by atoms with E-state index in [9.17, 15) is 9.59 Å². The maximum absolute atomic E-state index is 11.3. The van der Waals surface area contributed by atoms with Gasteiger partial charge in [0.05, 0.1) is 12.8 Å². The Morgan fingerprint density at radius 3 is 2.81 bits per heavy atom. The fourth-order valence-corrected chi connectivity index (χ4v) is 0.968. The van der Waals surface area contributed by atoms with E-state index >= 15 is 0 Å². The number of carbonyl (C=O) groups is 2. The number of carboxylic acid groups (broad SMARTS) is 1. The van der Waals surface area contributed by atoms with Crippen molar-refractivity contribution in [2.45, 2.75) is 20.4 Å². The molecule has 0 aromatic carbocycles. The van der Waals surface area contributed by atoms with Crippen LogP contribution in [-0.4, -0.2) is 38.6 Å². The van der Waals surface area contributed by atoms with Crippen LogP contribution in [0.1, 0.15) is 24.3 Å². The molecule has 7 heteroatoms. The van der Waals surface area contributed by atoms with Crippen LogP contribution in [-0.2, 0) is 16.1 Å². The lowest BCUT2D eigenvalue weighted by atomic mass is 10.2. The number of hydrogen-bond donors (Lipinski definition) is 1. The van der Waals surface area contributed by atoms with Gasteiger partial charge in [0.2, 0.25) is 0 Å². The molecule has 0 saturated heterocycles. The molecule has 0 bridgehead atoms. The molecule has 1 aromatic rings. The van der Waals surface area contributed by atoms with Gasteiger partial charge in [0.25, 0.3) is 0 Å². The Bertz CT molecular complexity index is 386. The zero-order valence-electron chi connectivity index (χ0n) is 9.08. The number of aromatic nitrogens is 3. The number of hydrogen-bond acceptors (Lipinski definition) is 5. The largest absolute Gasteiger partial charge is 0.476 e. The van der Waals surface area contributed by atoms with Crippen molar-refractivity contribution < 1.29 is 19.4 Å². The van der Waals surface area contributed by atoms with E-state index in [1.54, 1.807) is 0 Å². The van der Waals surface area contributed by atoms with Crippen molar-refractivity contribution in [2.75, 3.05) is 6.61 Å². The van der Waals surface area contributed by atoms with Gasteiger partial charge in [-0.05, 0) is 5.92 Å². The van der Waals surface area contributed by atoms with Gasteiger partial charge in [-0.2, -0.15) is 0 Å². The summed E-state index contributed by atoms with van der Waals surface area (Å²) in [6.45, 7) is 3.88. The zero-order chi connectivity index (χ0) is 12.1.